The summed E-state index contributed by atoms with van der Waals surface area (Å²) in [6.07, 6.45) is 2.01. The van der Waals surface area contributed by atoms with Crippen LogP contribution < -0.4 is 10.9 Å². The van der Waals surface area contributed by atoms with E-state index in [2.05, 4.69) is 22.2 Å². The van der Waals surface area contributed by atoms with E-state index in [4.69, 9.17) is 0 Å². The number of carbonyl (C=O) groups excluding carboxylic acids is 1. The Morgan fingerprint density at radius 3 is 2.79 bits per heavy atom. The van der Waals surface area contributed by atoms with Gasteiger partial charge in [-0.2, -0.15) is 0 Å². The molecule has 0 atom stereocenters. The summed E-state index contributed by atoms with van der Waals surface area (Å²) in [6.45, 7) is 2.68. The number of nitrogens with zero attached hydrogens (tertiary/aromatic N) is 1. The molecule has 2 aromatic rings. The Kier molecular flexibility index (Phi) is 6.99. The van der Waals surface area contributed by atoms with Crippen molar-refractivity contribution < 1.29 is 9.18 Å². The van der Waals surface area contributed by atoms with Crippen molar-refractivity contribution in [2.75, 3.05) is 6.54 Å². The zero-order chi connectivity index (χ0) is 17.4. The highest BCUT2D eigenvalue weighted by Crippen LogP contribution is 2.18. The maximum atomic E-state index is 12.9. The van der Waals surface area contributed by atoms with Crippen LogP contribution in [0.15, 0.2) is 40.3 Å². The fraction of sp³-hybridized carbons (Fsp3) is 0.353. The largest absolute Gasteiger partial charge is 0.356 e. The van der Waals surface area contributed by atoms with Gasteiger partial charge in [0.2, 0.25) is 5.91 Å². The molecule has 0 spiro atoms. The number of aromatic nitrogens is 2. The lowest BCUT2D eigenvalue weighted by molar-refractivity contribution is -0.120. The fourth-order valence-corrected chi connectivity index (χ4v) is 2.86. The number of carbonyl (C=O) groups is 1. The SMILES string of the molecule is CCCCNC(=O)Cc1cc(=O)[nH]c(SCc2ccc(F)cc2)n1. The third kappa shape index (κ3) is 6.16. The van der Waals surface area contributed by atoms with Gasteiger partial charge < -0.3 is 10.3 Å². The molecule has 128 valence electrons. The first kappa shape index (κ1) is 18.2. The first-order valence-corrected chi connectivity index (χ1v) is 8.79. The van der Waals surface area contributed by atoms with Crippen molar-refractivity contribution in [1.29, 1.82) is 0 Å². The van der Waals surface area contributed by atoms with Crippen molar-refractivity contribution >= 4 is 17.7 Å². The maximum absolute atomic E-state index is 12.9. The van der Waals surface area contributed by atoms with Crippen molar-refractivity contribution in [3.05, 3.63) is 57.8 Å². The molecule has 0 saturated heterocycles. The summed E-state index contributed by atoms with van der Waals surface area (Å²) in [7, 11) is 0. The van der Waals surface area contributed by atoms with Crippen LogP contribution in [-0.4, -0.2) is 22.4 Å². The minimum absolute atomic E-state index is 0.0811. The van der Waals surface area contributed by atoms with Crippen molar-refractivity contribution in [3.63, 3.8) is 0 Å². The van der Waals surface area contributed by atoms with Crippen LogP contribution in [0, 0.1) is 5.82 Å². The van der Waals surface area contributed by atoms with E-state index in [1.54, 1.807) is 12.1 Å². The first-order chi connectivity index (χ1) is 11.6. The molecule has 0 radical (unpaired) electrons. The van der Waals surface area contributed by atoms with Crippen LogP contribution in [0.25, 0.3) is 0 Å². The van der Waals surface area contributed by atoms with Crippen LogP contribution >= 0.6 is 11.8 Å². The zero-order valence-corrected chi connectivity index (χ0v) is 14.3. The van der Waals surface area contributed by atoms with E-state index in [1.165, 1.54) is 30.0 Å². The van der Waals surface area contributed by atoms with E-state index in [0.717, 1.165) is 18.4 Å². The number of benzene rings is 1. The van der Waals surface area contributed by atoms with Gasteiger partial charge in [0.25, 0.3) is 5.56 Å². The van der Waals surface area contributed by atoms with E-state index >= 15 is 0 Å². The number of hydrogen-bond donors (Lipinski definition) is 2. The van der Waals surface area contributed by atoms with Crippen LogP contribution in [0.5, 0.6) is 0 Å². The van der Waals surface area contributed by atoms with Gasteiger partial charge in [0, 0.05) is 18.4 Å². The molecular formula is C17H20FN3O2S. The molecule has 2 rings (SSSR count). The molecule has 1 amide bonds. The highest BCUT2D eigenvalue weighted by Gasteiger charge is 2.08. The predicted molar refractivity (Wildman–Crippen MR) is 92.4 cm³/mol. The first-order valence-electron chi connectivity index (χ1n) is 7.81. The summed E-state index contributed by atoms with van der Waals surface area (Å²) in [4.78, 5) is 30.5. The standard InChI is InChI=1S/C17H20FN3O2S/c1-2-3-8-19-15(22)9-14-10-16(23)21-17(20-14)24-11-12-4-6-13(18)7-5-12/h4-7,10H,2-3,8-9,11H2,1H3,(H,19,22)(H,20,21,23). The smallest absolute Gasteiger partial charge is 0.251 e. The molecule has 24 heavy (non-hydrogen) atoms. The summed E-state index contributed by atoms with van der Waals surface area (Å²) in [5.74, 6) is 0.123. The number of unbranched alkanes of at least 4 members (excludes halogenated alkanes) is 1. The van der Waals surface area contributed by atoms with Gasteiger partial charge in [0.1, 0.15) is 5.82 Å². The molecule has 0 aliphatic rings. The quantitative estimate of drug-likeness (QED) is 0.436. The van der Waals surface area contributed by atoms with Gasteiger partial charge in [-0.25, -0.2) is 9.37 Å². The van der Waals surface area contributed by atoms with Crippen LogP contribution in [0.4, 0.5) is 4.39 Å². The third-order valence-corrected chi connectivity index (χ3v) is 4.20. The third-order valence-electron chi connectivity index (χ3n) is 3.26. The van der Waals surface area contributed by atoms with Gasteiger partial charge in [0.15, 0.2) is 5.16 Å². The van der Waals surface area contributed by atoms with E-state index in [9.17, 15) is 14.0 Å². The molecule has 5 nitrogen and oxygen atoms in total. The van der Waals surface area contributed by atoms with Crippen LogP contribution in [0.2, 0.25) is 0 Å². The summed E-state index contributed by atoms with van der Waals surface area (Å²) in [5.41, 5.74) is 1.07. The number of nitrogens with one attached hydrogen (secondary N) is 2. The van der Waals surface area contributed by atoms with Gasteiger partial charge in [-0.3, -0.25) is 9.59 Å². The maximum Gasteiger partial charge on any atom is 0.251 e. The lowest BCUT2D eigenvalue weighted by Gasteiger charge is -2.06. The second kappa shape index (κ2) is 9.22. The number of H-pyrrole nitrogens is 1. The van der Waals surface area contributed by atoms with Crippen molar-refractivity contribution in [3.8, 4) is 0 Å². The Morgan fingerprint density at radius 2 is 2.08 bits per heavy atom. The van der Waals surface area contributed by atoms with Crippen LogP contribution in [0.3, 0.4) is 0 Å². The minimum Gasteiger partial charge on any atom is -0.356 e. The Morgan fingerprint density at radius 1 is 1.33 bits per heavy atom. The molecule has 0 aliphatic heterocycles. The Hall–Kier alpha value is -2.15. The van der Waals surface area contributed by atoms with Crippen molar-refractivity contribution in [1.82, 2.24) is 15.3 Å². The monoisotopic (exact) mass is 349 g/mol. The predicted octanol–water partition coefficient (Wildman–Crippen LogP) is 2.66. The molecule has 0 bridgehead atoms. The molecule has 1 heterocycles. The summed E-state index contributed by atoms with van der Waals surface area (Å²) < 4.78 is 12.9. The summed E-state index contributed by atoms with van der Waals surface area (Å²) in [5, 5.41) is 3.25. The highest BCUT2D eigenvalue weighted by molar-refractivity contribution is 7.98. The molecule has 0 fully saturated rings. The lowest BCUT2D eigenvalue weighted by atomic mass is 10.2. The number of halogens is 1. The average molecular weight is 349 g/mol. The van der Waals surface area contributed by atoms with E-state index in [-0.39, 0.29) is 23.7 Å². The van der Waals surface area contributed by atoms with Gasteiger partial charge in [-0.05, 0) is 24.1 Å². The number of thioether (sulfide) groups is 1. The molecule has 1 aromatic carbocycles. The number of hydrogen-bond acceptors (Lipinski definition) is 4. The number of aromatic amines is 1. The van der Waals surface area contributed by atoms with Gasteiger partial charge >= 0.3 is 0 Å². The van der Waals surface area contributed by atoms with Crippen molar-refractivity contribution in [2.45, 2.75) is 37.1 Å². The normalized spacial score (nSPS) is 10.6. The second-order valence-corrected chi connectivity index (χ2v) is 6.30. The zero-order valence-electron chi connectivity index (χ0n) is 13.5. The number of rotatable bonds is 8. The minimum atomic E-state index is -0.289. The topological polar surface area (TPSA) is 74.8 Å². The molecule has 2 N–H and O–H groups in total. The average Bonchev–Trinajstić information content (AvgIpc) is 2.54. The summed E-state index contributed by atoms with van der Waals surface area (Å²) in [6, 6.07) is 7.49. The van der Waals surface area contributed by atoms with E-state index < -0.39 is 0 Å². The Labute approximate surface area is 144 Å². The van der Waals surface area contributed by atoms with Gasteiger partial charge in [-0.15, -0.1) is 0 Å². The Balaban J connectivity index is 1.96. The van der Waals surface area contributed by atoms with Crippen molar-refractivity contribution in [2.24, 2.45) is 0 Å². The molecule has 0 unspecified atom stereocenters. The summed E-state index contributed by atoms with van der Waals surface area (Å²) >= 11 is 1.34. The van der Waals surface area contributed by atoms with Gasteiger partial charge in [-0.1, -0.05) is 37.2 Å². The molecule has 0 saturated carbocycles. The highest BCUT2D eigenvalue weighted by atomic mass is 32.2. The fourth-order valence-electron chi connectivity index (χ4n) is 2.01. The van der Waals surface area contributed by atoms with Crippen LogP contribution in [-0.2, 0) is 17.0 Å². The van der Waals surface area contributed by atoms with Gasteiger partial charge in [0.05, 0.1) is 12.1 Å². The molecule has 7 heteroatoms. The van der Waals surface area contributed by atoms with E-state index in [0.29, 0.717) is 23.1 Å². The van der Waals surface area contributed by atoms with Crippen LogP contribution in [0.1, 0.15) is 31.0 Å². The second-order valence-electron chi connectivity index (χ2n) is 5.34. The Bertz CT molecular complexity index is 731. The molecular weight excluding hydrogens is 329 g/mol. The lowest BCUT2D eigenvalue weighted by Crippen LogP contribution is -2.27. The van der Waals surface area contributed by atoms with E-state index in [1.807, 2.05) is 0 Å². The molecule has 0 aliphatic carbocycles. The number of amides is 1. The molecule has 1 aromatic heterocycles.